The molecule has 0 spiro atoms. The molecule has 0 bridgehead atoms. The summed E-state index contributed by atoms with van der Waals surface area (Å²) in [4.78, 5) is 21.1. The first-order chi connectivity index (χ1) is 11.8. The van der Waals surface area contributed by atoms with Crippen LogP contribution in [0.15, 0.2) is 36.7 Å². The fraction of sp³-hybridized carbons (Fsp3) is 0.474. The minimum Gasteiger partial charge on any atom is -0.338 e. The summed E-state index contributed by atoms with van der Waals surface area (Å²) in [5.74, 6) is 0.760. The van der Waals surface area contributed by atoms with Crippen LogP contribution in [-0.2, 0) is 0 Å². The molecule has 0 aliphatic carbocycles. The standard InChI is InChI=1S/C19H23N3OS/c23-19(18-4-3-17(24-18)16-2-1-9-21-16)22-12-7-15(8-13-22)14-5-10-20-11-6-14/h3-6,10-11,15-16,21H,1-2,7-9,12-13H2. The van der Waals surface area contributed by atoms with Crippen LogP contribution >= 0.6 is 11.3 Å². The number of piperidine rings is 1. The average molecular weight is 341 g/mol. The molecule has 0 aromatic carbocycles. The highest BCUT2D eigenvalue weighted by molar-refractivity contribution is 7.14. The van der Waals surface area contributed by atoms with E-state index in [1.807, 2.05) is 23.4 Å². The van der Waals surface area contributed by atoms with Crippen molar-refractivity contribution in [2.75, 3.05) is 19.6 Å². The van der Waals surface area contributed by atoms with Gasteiger partial charge in [0.1, 0.15) is 0 Å². The summed E-state index contributed by atoms with van der Waals surface area (Å²) in [5, 5.41) is 3.51. The van der Waals surface area contributed by atoms with Gasteiger partial charge in [-0.2, -0.15) is 0 Å². The maximum absolute atomic E-state index is 12.8. The second-order valence-electron chi connectivity index (χ2n) is 6.70. The number of rotatable bonds is 3. The van der Waals surface area contributed by atoms with Crippen LogP contribution < -0.4 is 5.32 Å². The Morgan fingerprint density at radius 3 is 2.62 bits per heavy atom. The molecular weight excluding hydrogens is 318 g/mol. The van der Waals surface area contributed by atoms with E-state index in [9.17, 15) is 4.79 Å². The van der Waals surface area contributed by atoms with Gasteiger partial charge < -0.3 is 10.2 Å². The van der Waals surface area contributed by atoms with Crippen molar-refractivity contribution in [3.63, 3.8) is 0 Å². The molecule has 126 valence electrons. The molecule has 0 saturated carbocycles. The van der Waals surface area contributed by atoms with Gasteiger partial charge in [0, 0.05) is 36.4 Å². The largest absolute Gasteiger partial charge is 0.338 e. The summed E-state index contributed by atoms with van der Waals surface area (Å²) in [6.45, 7) is 2.79. The van der Waals surface area contributed by atoms with Gasteiger partial charge in [0.05, 0.1) is 4.88 Å². The minimum absolute atomic E-state index is 0.206. The zero-order valence-corrected chi connectivity index (χ0v) is 14.6. The number of pyridine rings is 1. The molecular formula is C19H23N3OS. The van der Waals surface area contributed by atoms with E-state index in [1.165, 1.54) is 23.3 Å². The molecule has 5 heteroatoms. The number of thiophene rings is 1. The molecule has 1 N–H and O–H groups in total. The zero-order chi connectivity index (χ0) is 16.4. The van der Waals surface area contributed by atoms with E-state index in [2.05, 4.69) is 28.5 Å². The summed E-state index contributed by atoms with van der Waals surface area (Å²) in [7, 11) is 0. The maximum atomic E-state index is 12.8. The number of aromatic nitrogens is 1. The lowest BCUT2D eigenvalue weighted by atomic mass is 9.90. The van der Waals surface area contributed by atoms with Gasteiger partial charge in [-0.3, -0.25) is 9.78 Å². The lowest BCUT2D eigenvalue weighted by molar-refractivity contribution is 0.0718. The van der Waals surface area contributed by atoms with E-state index in [1.54, 1.807) is 11.3 Å². The Kier molecular flexibility index (Phi) is 4.63. The van der Waals surface area contributed by atoms with Gasteiger partial charge in [-0.05, 0) is 68.0 Å². The van der Waals surface area contributed by atoms with E-state index in [0.717, 1.165) is 37.4 Å². The predicted octanol–water partition coefficient (Wildman–Crippen LogP) is 3.59. The first kappa shape index (κ1) is 15.8. The van der Waals surface area contributed by atoms with Crippen LogP contribution in [0.5, 0.6) is 0 Å². The molecule has 0 radical (unpaired) electrons. The molecule has 2 aliphatic rings. The van der Waals surface area contributed by atoms with Crippen LogP contribution in [0, 0.1) is 0 Å². The van der Waals surface area contributed by atoms with E-state index >= 15 is 0 Å². The summed E-state index contributed by atoms with van der Waals surface area (Å²) in [5.41, 5.74) is 1.35. The van der Waals surface area contributed by atoms with Gasteiger partial charge in [0.15, 0.2) is 0 Å². The Morgan fingerprint density at radius 1 is 1.12 bits per heavy atom. The van der Waals surface area contributed by atoms with Gasteiger partial charge in [0.25, 0.3) is 5.91 Å². The molecule has 4 heterocycles. The highest BCUT2D eigenvalue weighted by Gasteiger charge is 2.26. The Labute approximate surface area is 146 Å². The van der Waals surface area contributed by atoms with Gasteiger partial charge >= 0.3 is 0 Å². The number of carbonyl (C=O) groups excluding carboxylic acids is 1. The van der Waals surface area contributed by atoms with Crippen LogP contribution in [-0.4, -0.2) is 35.4 Å². The number of nitrogens with zero attached hydrogens (tertiary/aromatic N) is 2. The molecule has 2 saturated heterocycles. The van der Waals surface area contributed by atoms with Crippen molar-refractivity contribution in [1.29, 1.82) is 0 Å². The Hall–Kier alpha value is -1.72. The van der Waals surface area contributed by atoms with E-state index < -0.39 is 0 Å². The maximum Gasteiger partial charge on any atom is 0.263 e. The van der Waals surface area contributed by atoms with Crippen molar-refractivity contribution < 1.29 is 4.79 Å². The van der Waals surface area contributed by atoms with Crippen molar-refractivity contribution in [3.8, 4) is 0 Å². The molecule has 2 aromatic rings. The molecule has 2 aromatic heterocycles. The van der Waals surface area contributed by atoms with Crippen molar-refractivity contribution in [2.45, 2.75) is 37.6 Å². The summed E-state index contributed by atoms with van der Waals surface area (Å²) >= 11 is 1.67. The van der Waals surface area contributed by atoms with Crippen molar-refractivity contribution in [3.05, 3.63) is 52.0 Å². The van der Waals surface area contributed by atoms with Crippen LogP contribution in [0.25, 0.3) is 0 Å². The highest BCUT2D eigenvalue weighted by atomic mass is 32.1. The molecule has 2 aliphatic heterocycles. The fourth-order valence-corrected chi connectivity index (χ4v) is 4.88. The molecule has 4 nitrogen and oxygen atoms in total. The monoisotopic (exact) mass is 341 g/mol. The van der Waals surface area contributed by atoms with Crippen molar-refractivity contribution >= 4 is 17.2 Å². The third kappa shape index (κ3) is 3.23. The number of hydrogen-bond acceptors (Lipinski definition) is 4. The lowest BCUT2D eigenvalue weighted by Gasteiger charge is -2.32. The normalized spacial score (nSPS) is 22.0. The van der Waals surface area contributed by atoms with Crippen LogP contribution in [0.4, 0.5) is 0 Å². The number of amides is 1. The minimum atomic E-state index is 0.206. The molecule has 1 amide bonds. The number of carbonyl (C=O) groups is 1. The number of hydrogen-bond donors (Lipinski definition) is 1. The van der Waals surface area contributed by atoms with E-state index in [-0.39, 0.29) is 5.91 Å². The van der Waals surface area contributed by atoms with Crippen LogP contribution in [0.1, 0.15) is 57.8 Å². The van der Waals surface area contributed by atoms with Gasteiger partial charge in [0.2, 0.25) is 0 Å². The molecule has 1 atom stereocenters. The molecule has 24 heavy (non-hydrogen) atoms. The molecule has 1 unspecified atom stereocenters. The molecule has 4 rings (SSSR count). The van der Waals surface area contributed by atoms with Gasteiger partial charge in [-0.15, -0.1) is 11.3 Å². The van der Waals surface area contributed by atoms with Crippen molar-refractivity contribution in [1.82, 2.24) is 15.2 Å². The average Bonchev–Trinajstić information content (AvgIpc) is 3.33. The fourth-order valence-electron chi connectivity index (χ4n) is 3.79. The van der Waals surface area contributed by atoms with Gasteiger partial charge in [-0.25, -0.2) is 0 Å². The summed E-state index contributed by atoms with van der Waals surface area (Å²) < 4.78 is 0. The lowest BCUT2D eigenvalue weighted by Crippen LogP contribution is -2.37. The van der Waals surface area contributed by atoms with Crippen LogP contribution in [0.2, 0.25) is 0 Å². The topological polar surface area (TPSA) is 45.2 Å². The third-order valence-electron chi connectivity index (χ3n) is 5.20. The Balaban J connectivity index is 1.38. The predicted molar refractivity (Wildman–Crippen MR) is 96.4 cm³/mol. The van der Waals surface area contributed by atoms with Crippen molar-refractivity contribution in [2.24, 2.45) is 0 Å². The second-order valence-corrected chi connectivity index (χ2v) is 7.81. The first-order valence-corrected chi connectivity index (χ1v) is 9.65. The zero-order valence-electron chi connectivity index (χ0n) is 13.8. The first-order valence-electron chi connectivity index (χ1n) is 8.83. The van der Waals surface area contributed by atoms with E-state index in [0.29, 0.717) is 12.0 Å². The Morgan fingerprint density at radius 2 is 1.92 bits per heavy atom. The number of nitrogens with one attached hydrogen (secondary N) is 1. The van der Waals surface area contributed by atoms with E-state index in [4.69, 9.17) is 0 Å². The molecule has 2 fully saturated rings. The highest BCUT2D eigenvalue weighted by Crippen LogP contribution is 2.32. The summed E-state index contributed by atoms with van der Waals surface area (Å²) in [6, 6.07) is 8.79. The second kappa shape index (κ2) is 7.03. The Bertz CT molecular complexity index is 686. The summed E-state index contributed by atoms with van der Waals surface area (Å²) in [6.07, 6.45) is 8.21. The number of likely N-dealkylation sites (tertiary alicyclic amines) is 1. The third-order valence-corrected chi connectivity index (χ3v) is 6.39. The van der Waals surface area contributed by atoms with Gasteiger partial charge in [-0.1, -0.05) is 0 Å². The SMILES string of the molecule is O=C(c1ccc(C2CCCN2)s1)N1CCC(c2ccncc2)CC1. The smallest absolute Gasteiger partial charge is 0.263 e. The van der Waals surface area contributed by atoms with Crippen LogP contribution in [0.3, 0.4) is 0 Å². The quantitative estimate of drug-likeness (QED) is 0.928.